The van der Waals surface area contributed by atoms with Crippen LogP contribution in [0, 0.1) is 6.92 Å². The Morgan fingerprint density at radius 2 is 1.81 bits per heavy atom. The number of nitrogens with one attached hydrogen (secondary N) is 2. The van der Waals surface area contributed by atoms with Crippen molar-refractivity contribution in [2.75, 3.05) is 11.3 Å². The van der Waals surface area contributed by atoms with Crippen molar-refractivity contribution < 1.29 is 26.4 Å². The van der Waals surface area contributed by atoms with Gasteiger partial charge in [-0.2, -0.15) is 13.2 Å². The van der Waals surface area contributed by atoms with Crippen molar-refractivity contribution in [3.05, 3.63) is 58.6 Å². The zero-order valence-electron chi connectivity index (χ0n) is 13.4. The number of para-hydroxylation sites is 1. The minimum Gasteiger partial charge on any atom is -0.343 e. The van der Waals surface area contributed by atoms with Gasteiger partial charge in [0.25, 0.3) is 15.9 Å². The molecule has 5 nitrogen and oxygen atoms in total. The second-order valence-electron chi connectivity index (χ2n) is 5.38. The number of alkyl halides is 3. The van der Waals surface area contributed by atoms with Crippen molar-refractivity contribution in [2.24, 2.45) is 0 Å². The highest BCUT2D eigenvalue weighted by atomic mass is 35.5. The van der Waals surface area contributed by atoms with Crippen LogP contribution < -0.4 is 10.0 Å². The number of benzene rings is 2. The van der Waals surface area contributed by atoms with Crippen molar-refractivity contribution in [1.29, 1.82) is 0 Å². The first-order chi connectivity index (χ1) is 12.0. The van der Waals surface area contributed by atoms with Gasteiger partial charge >= 0.3 is 6.18 Å². The minimum atomic E-state index is -4.58. The molecule has 0 aliphatic carbocycles. The molecule has 0 radical (unpaired) electrons. The normalized spacial score (nSPS) is 11.9. The number of halogens is 4. The van der Waals surface area contributed by atoms with Crippen molar-refractivity contribution in [1.82, 2.24) is 5.32 Å². The highest BCUT2D eigenvalue weighted by Gasteiger charge is 2.28. The molecular formula is C16H14ClF3N2O3S. The number of aryl methyl sites for hydroxylation is 1. The number of amides is 1. The van der Waals surface area contributed by atoms with Gasteiger partial charge < -0.3 is 5.32 Å². The standard InChI is InChI=1S/C16H14ClF3N2O3S/c1-10-6-7-14(12(17)8-10)26(24,25)22-13-5-3-2-4-11(13)15(23)21-9-16(18,19)20/h2-8,22H,9H2,1H3,(H,21,23). The van der Waals surface area contributed by atoms with Crippen LogP contribution in [0.2, 0.25) is 5.02 Å². The number of hydrogen-bond donors (Lipinski definition) is 2. The first kappa shape index (κ1) is 20.1. The van der Waals surface area contributed by atoms with Crippen LogP contribution in [0.5, 0.6) is 0 Å². The maximum absolute atomic E-state index is 12.5. The first-order valence-corrected chi connectivity index (χ1v) is 9.09. The number of anilines is 1. The van der Waals surface area contributed by atoms with E-state index in [1.54, 1.807) is 18.3 Å². The molecule has 0 atom stereocenters. The highest BCUT2D eigenvalue weighted by Crippen LogP contribution is 2.26. The number of carbonyl (C=O) groups excluding carboxylic acids is 1. The van der Waals surface area contributed by atoms with Crippen LogP contribution in [-0.2, 0) is 10.0 Å². The molecule has 0 bridgehead atoms. The van der Waals surface area contributed by atoms with E-state index in [4.69, 9.17) is 11.6 Å². The summed E-state index contributed by atoms with van der Waals surface area (Å²) in [6.07, 6.45) is -4.58. The molecule has 0 aromatic heterocycles. The van der Waals surface area contributed by atoms with E-state index >= 15 is 0 Å². The Kier molecular flexibility index (Phi) is 5.82. The lowest BCUT2D eigenvalue weighted by atomic mass is 10.1. The van der Waals surface area contributed by atoms with Crippen molar-refractivity contribution in [3.8, 4) is 0 Å². The molecule has 2 aromatic rings. The third-order valence-corrected chi connectivity index (χ3v) is 5.09. The predicted molar refractivity (Wildman–Crippen MR) is 91.8 cm³/mol. The van der Waals surface area contributed by atoms with Crippen molar-refractivity contribution in [2.45, 2.75) is 18.0 Å². The Morgan fingerprint density at radius 1 is 1.15 bits per heavy atom. The third-order valence-electron chi connectivity index (χ3n) is 3.24. The van der Waals surface area contributed by atoms with Crippen LogP contribution in [0.3, 0.4) is 0 Å². The second-order valence-corrected chi connectivity index (χ2v) is 7.44. The molecule has 26 heavy (non-hydrogen) atoms. The van der Waals surface area contributed by atoms with Gasteiger partial charge in [0.1, 0.15) is 11.4 Å². The van der Waals surface area contributed by atoms with Crippen LogP contribution in [0.1, 0.15) is 15.9 Å². The van der Waals surface area contributed by atoms with Gasteiger partial charge in [-0.25, -0.2) is 8.42 Å². The lowest BCUT2D eigenvalue weighted by Crippen LogP contribution is -2.34. The average Bonchev–Trinajstić information content (AvgIpc) is 2.51. The predicted octanol–water partition coefficient (Wildman–Crippen LogP) is 3.74. The summed E-state index contributed by atoms with van der Waals surface area (Å²) in [6.45, 7) is 0.201. The largest absolute Gasteiger partial charge is 0.405 e. The highest BCUT2D eigenvalue weighted by molar-refractivity contribution is 7.92. The Balaban J connectivity index is 2.31. The molecule has 2 N–H and O–H groups in total. The summed E-state index contributed by atoms with van der Waals surface area (Å²) in [6, 6.07) is 9.61. The summed E-state index contributed by atoms with van der Waals surface area (Å²) in [5.74, 6) is -1.06. The molecule has 0 saturated carbocycles. The second kappa shape index (κ2) is 7.55. The summed E-state index contributed by atoms with van der Waals surface area (Å²) in [5.41, 5.74) is 0.341. The SMILES string of the molecule is Cc1ccc(S(=O)(=O)Nc2ccccc2C(=O)NCC(F)(F)F)c(Cl)c1. The van der Waals surface area contributed by atoms with E-state index in [1.807, 2.05) is 0 Å². The van der Waals surface area contributed by atoms with E-state index in [2.05, 4.69) is 4.72 Å². The van der Waals surface area contributed by atoms with Crippen LogP contribution in [0.25, 0.3) is 0 Å². The molecule has 0 unspecified atom stereocenters. The monoisotopic (exact) mass is 406 g/mol. The maximum atomic E-state index is 12.5. The molecule has 0 fully saturated rings. The Morgan fingerprint density at radius 3 is 2.42 bits per heavy atom. The van der Waals surface area contributed by atoms with E-state index in [9.17, 15) is 26.4 Å². The van der Waals surface area contributed by atoms with Gasteiger partial charge in [-0.3, -0.25) is 9.52 Å². The molecule has 0 aliphatic heterocycles. The molecule has 0 saturated heterocycles. The van der Waals surface area contributed by atoms with E-state index in [0.29, 0.717) is 0 Å². The molecule has 140 valence electrons. The summed E-state index contributed by atoms with van der Waals surface area (Å²) in [5, 5.41) is 1.68. The molecule has 1 amide bonds. The van der Waals surface area contributed by atoms with Gasteiger partial charge in [-0.15, -0.1) is 0 Å². The number of rotatable bonds is 5. The Labute approximate surface area is 153 Å². The average molecular weight is 407 g/mol. The van der Waals surface area contributed by atoms with Crippen molar-refractivity contribution in [3.63, 3.8) is 0 Å². The Bertz CT molecular complexity index is 931. The van der Waals surface area contributed by atoms with Crippen LogP contribution in [0.4, 0.5) is 18.9 Å². The van der Waals surface area contributed by atoms with E-state index < -0.39 is 28.7 Å². The van der Waals surface area contributed by atoms with Gasteiger partial charge in [0.05, 0.1) is 16.3 Å². The van der Waals surface area contributed by atoms with Crippen LogP contribution in [-0.4, -0.2) is 27.0 Å². The van der Waals surface area contributed by atoms with Crippen LogP contribution in [0.15, 0.2) is 47.4 Å². The summed E-state index contributed by atoms with van der Waals surface area (Å²) >= 11 is 5.96. The summed E-state index contributed by atoms with van der Waals surface area (Å²) < 4.78 is 64.0. The smallest absolute Gasteiger partial charge is 0.343 e. The van der Waals surface area contributed by atoms with E-state index in [0.717, 1.165) is 5.56 Å². The third kappa shape index (κ3) is 5.12. The van der Waals surface area contributed by atoms with Gasteiger partial charge in [0.2, 0.25) is 0 Å². The maximum Gasteiger partial charge on any atom is 0.405 e. The lowest BCUT2D eigenvalue weighted by molar-refractivity contribution is -0.123. The van der Waals surface area contributed by atoms with Gasteiger partial charge in [0, 0.05) is 0 Å². The number of carbonyl (C=O) groups is 1. The van der Waals surface area contributed by atoms with Gasteiger partial charge in [0.15, 0.2) is 0 Å². The summed E-state index contributed by atoms with van der Waals surface area (Å²) in [7, 11) is -4.14. The van der Waals surface area contributed by atoms with E-state index in [-0.39, 0.29) is 21.2 Å². The van der Waals surface area contributed by atoms with E-state index in [1.165, 1.54) is 36.4 Å². The molecule has 0 heterocycles. The fraction of sp³-hybridized carbons (Fsp3) is 0.188. The molecule has 2 aromatic carbocycles. The fourth-order valence-corrected chi connectivity index (χ4v) is 3.75. The Hall–Kier alpha value is -2.26. The number of hydrogen-bond acceptors (Lipinski definition) is 3. The first-order valence-electron chi connectivity index (χ1n) is 7.22. The molecule has 0 aliphatic rings. The molecule has 2 rings (SSSR count). The van der Waals surface area contributed by atoms with Gasteiger partial charge in [-0.05, 0) is 36.8 Å². The zero-order chi connectivity index (χ0) is 19.5. The fourth-order valence-electron chi connectivity index (χ4n) is 2.07. The molecule has 10 heteroatoms. The topological polar surface area (TPSA) is 75.3 Å². The van der Waals surface area contributed by atoms with Crippen LogP contribution >= 0.6 is 11.6 Å². The molecular weight excluding hydrogens is 393 g/mol. The molecule has 0 spiro atoms. The zero-order valence-corrected chi connectivity index (χ0v) is 15.0. The lowest BCUT2D eigenvalue weighted by Gasteiger charge is -2.14. The quantitative estimate of drug-likeness (QED) is 0.794. The summed E-state index contributed by atoms with van der Waals surface area (Å²) in [4.78, 5) is 11.8. The number of sulfonamides is 1. The van der Waals surface area contributed by atoms with Crippen molar-refractivity contribution >= 4 is 33.2 Å². The minimum absolute atomic E-state index is 0.0171. The van der Waals surface area contributed by atoms with Gasteiger partial charge in [-0.1, -0.05) is 29.8 Å².